The van der Waals surface area contributed by atoms with Gasteiger partial charge in [0.05, 0.1) is 32.5 Å². The highest BCUT2D eigenvalue weighted by Crippen LogP contribution is 2.28. The third-order valence-corrected chi connectivity index (χ3v) is 3.67. The molecule has 0 aliphatic carbocycles. The first-order valence-corrected chi connectivity index (χ1v) is 7.31. The molecular weight excluding hydrogens is 300 g/mol. The zero-order valence-electron chi connectivity index (χ0n) is 14.1. The predicted octanol–water partition coefficient (Wildman–Crippen LogP) is 1.16. The van der Waals surface area contributed by atoms with Crippen LogP contribution in [-0.2, 0) is 6.42 Å². The molecule has 6 nitrogen and oxygen atoms in total. The summed E-state index contributed by atoms with van der Waals surface area (Å²) in [7, 11) is 1.52. The standard InChI is InChI=1S/C12H14O3.C5H12O3/c1-4-11-8(2)12(15-3)10(7-14)5-9(11)6-13;1-5(2-6,3-7)4-8/h5-7H,4H2,1-3H3;6-8H,2-4H2,1H3. The molecule has 1 rings (SSSR count). The highest BCUT2D eigenvalue weighted by Gasteiger charge is 2.20. The first-order chi connectivity index (χ1) is 10.9. The van der Waals surface area contributed by atoms with Gasteiger partial charge in [0.2, 0.25) is 0 Å². The number of benzene rings is 1. The monoisotopic (exact) mass is 326 g/mol. The van der Waals surface area contributed by atoms with Crippen LogP contribution in [0.1, 0.15) is 45.7 Å². The summed E-state index contributed by atoms with van der Waals surface area (Å²) < 4.78 is 5.16. The Bertz CT molecular complexity index is 478. The molecule has 0 unspecified atom stereocenters. The predicted molar refractivity (Wildman–Crippen MR) is 87.2 cm³/mol. The number of methoxy groups -OCH3 is 1. The lowest BCUT2D eigenvalue weighted by molar-refractivity contribution is 0.0200. The van der Waals surface area contributed by atoms with Crippen molar-refractivity contribution >= 4 is 12.6 Å². The molecule has 0 fully saturated rings. The fraction of sp³-hybridized carbons (Fsp3) is 0.529. The number of hydrogen-bond donors (Lipinski definition) is 3. The van der Waals surface area contributed by atoms with Crippen molar-refractivity contribution in [3.8, 4) is 5.75 Å². The molecule has 0 aliphatic rings. The fourth-order valence-electron chi connectivity index (χ4n) is 1.97. The largest absolute Gasteiger partial charge is 0.496 e. The van der Waals surface area contributed by atoms with Gasteiger partial charge in [0.15, 0.2) is 6.29 Å². The van der Waals surface area contributed by atoms with Crippen LogP contribution in [0.4, 0.5) is 0 Å². The lowest BCUT2D eigenvalue weighted by Crippen LogP contribution is -2.29. The van der Waals surface area contributed by atoms with Crippen LogP contribution in [-0.4, -0.2) is 54.8 Å². The van der Waals surface area contributed by atoms with E-state index >= 15 is 0 Å². The molecule has 1 aromatic carbocycles. The van der Waals surface area contributed by atoms with Crippen molar-refractivity contribution in [3.05, 3.63) is 28.3 Å². The van der Waals surface area contributed by atoms with Crippen molar-refractivity contribution in [2.75, 3.05) is 26.9 Å². The summed E-state index contributed by atoms with van der Waals surface area (Å²) in [6, 6.07) is 1.57. The third-order valence-electron chi connectivity index (χ3n) is 3.67. The maximum atomic E-state index is 10.8. The second kappa shape index (κ2) is 10.1. The summed E-state index contributed by atoms with van der Waals surface area (Å²) in [6.07, 6.45) is 2.23. The van der Waals surface area contributed by atoms with Gasteiger partial charge in [-0.25, -0.2) is 0 Å². The average molecular weight is 326 g/mol. The lowest BCUT2D eigenvalue weighted by atomic mass is 9.95. The highest BCUT2D eigenvalue weighted by atomic mass is 16.5. The van der Waals surface area contributed by atoms with E-state index in [2.05, 4.69) is 0 Å². The van der Waals surface area contributed by atoms with Crippen molar-refractivity contribution in [2.45, 2.75) is 27.2 Å². The zero-order chi connectivity index (χ0) is 18.0. The minimum Gasteiger partial charge on any atom is -0.496 e. The molecule has 0 heterocycles. The molecule has 0 spiro atoms. The van der Waals surface area contributed by atoms with Gasteiger partial charge in [-0.15, -0.1) is 0 Å². The summed E-state index contributed by atoms with van der Waals surface area (Å²) in [6.45, 7) is 4.89. The maximum absolute atomic E-state index is 10.8. The van der Waals surface area contributed by atoms with E-state index in [4.69, 9.17) is 20.1 Å². The number of aliphatic hydroxyl groups excluding tert-OH is 3. The molecule has 0 bridgehead atoms. The highest BCUT2D eigenvalue weighted by molar-refractivity contribution is 5.87. The van der Waals surface area contributed by atoms with Crippen molar-refractivity contribution in [2.24, 2.45) is 5.41 Å². The van der Waals surface area contributed by atoms with Crippen molar-refractivity contribution in [1.82, 2.24) is 0 Å². The Morgan fingerprint density at radius 3 is 1.83 bits per heavy atom. The van der Waals surface area contributed by atoms with Crippen LogP contribution in [0.5, 0.6) is 5.75 Å². The van der Waals surface area contributed by atoms with Gasteiger partial charge in [-0.05, 0) is 30.5 Å². The summed E-state index contributed by atoms with van der Waals surface area (Å²) in [5, 5.41) is 25.4. The normalized spacial score (nSPS) is 10.6. The second-order valence-electron chi connectivity index (χ2n) is 5.57. The van der Waals surface area contributed by atoms with Gasteiger partial charge in [-0.1, -0.05) is 13.8 Å². The second-order valence-corrected chi connectivity index (χ2v) is 5.57. The van der Waals surface area contributed by atoms with Crippen molar-refractivity contribution in [1.29, 1.82) is 0 Å². The van der Waals surface area contributed by atoms with E-state index in [9.17, 15) is 9.59 Å². The number of aliphatic hydroxyl groups is 3. The molecule has 0 radical (unpaired) electrons. The van der Waals surface area contributed by atoms with Gasteiger partial charge in [-0.3, -0.25) is 9.59 Å². The van der Waals surface area contributed by atoms with E-state index < -0.39 is 5.41 Å². The fourth-order valence-corrected chi connectivity index (χ4v) is 1.97. The Labute approximate surface area is 136 Å². The molecule has 3 N–H and O–H groups in total. The van der Waals surface area contributed by atoms with Gasteiger partial charge < -0.3 is 20.1 Å². The van der Waals surface area contributed by atoms with Crippen LogP contribution in [0.25, 0.3) is 0 Å². The number of carbonyl (C=O) groups is 2. The van der Waals surface area contributed by atoms with Crippen molar-refractivity contribution < 1.29 is 29.6 Å². The Hall–Kier alpha value is -1.76. The lowest BCUT2D eigenvalue weighted by Gasteiger charge is -2.20. The van der Waals surface area contributed by atoms with E-state index in [0.717, 1.165) is 23.8 Å². The van der Waals surface area contributed by atoms with Crippen LogP contribution >= 0.6 is 0 Å². The first-order valence-electron chi connectivity index (χ1n) is 7.31. The maximum Gasteiger partial charge on any atom is 0.153 e. The van der Waals surface area contributed by atoms with Crippen LogP contribution in [0.15, 0.2) is 6.07 Å². The molecular formula is C17H26O6. The minimum atomic E-state index is -0.708. The number of aldehydes is 2. The molecule has 0 aliphatic heterocycles. The summed E-state index contributed by atoms with van der Waals surface area (Å²) >= 11 is 0. The Kier molecular flexibility index (Phi) is 9.32. The Morgan fingerprint density at radius 1 is 1.09 bits per heavy atom. The van der Waals surface area contributed by atoms with Crippen LogP contribution in [0.3, 0.4) is 0 Å². The molecule has 130 valence electrons. The smallest absolute Gasteiger partial charge is 0.153 e. The van der Waals surface area contributed by atoms with Gasteiger partial charge in [0, 0.05) is 11.0 Å². The molecule has 1 aromatic rings. The van der Waals surface area contributed by atoms with Crippen molar-refractivity contribution in [3.63, 3.8) is 0 Å². The van der Waals surface area contributed by atoms with Gasteiger partial charge in [0.25, 0.3) is 0 Å². The van der Waals surface area contributed by atoms with Crippen LogP contribution < -0.4 is 4.74 Å². The van der Waals surface area contributed by atoms with Crippen LogP contribution in [0, 0.1) is 12.3 Å². The molecule has 23 heavy (non-hydrogen) atoms. The van der Waals surface area contributed by atoms with Gasteiger partial charge >= 0.3 is 0 Å². The van der Waals surface area contributed by atoms with Crippen LogP contribution in [0.2, 0.25) is 0 Å². The topological polar surface area (TPSA) is 104 Å². The third kappa shape index (κ3) is 5.42. The minimum absolute atomic E-state index is 0.181. The average Bonchev–Trinajstić information content (AvgIpc) is 2.60. The first kappa shape index (κ1) is 21.2. The van der Waals surface area contributed by atoms with E-state index in [1.54, 1.807) is 13.0 Å². The zero-order valence-corrected chi connectivity index (χ0v) is 14.1. The summed E-state index contributed by atoms with van der Waals surface area (Å²) in [4.78, 5) is 21.7. The molecule has 6 heteroatoms. The Balaban J connectivity index is 0.000000515. The van der Waals surface area contributed by atoms with E-state index in [-0.39, 0.29) is 19.8 Å². The SMILES string of the molecule is CC(CO)(CO)CO.CCc1c(C=O)cc(C=O)c(OC)c1C. The molecule has 0 amide bonds. The number of ether oxygens (including phenoxy) is 1. The molecule has 0 atom stereocenters. The molecule has 0 aromatic heterocycles. The van der Waals surface area contributed by atoms with E-state index in [0.29, 0.717) is 23.2 Å². The van der Waals surface area contributed by atoms with Gasteiger partial charge in [0.1, 0.15) is 12.0 Å². The summed E-state index contributed by atoms with van der Waals surface area (Å²) in [5.41, 5.74) is 2.09. The number of rotatable bonds is 7. The molecule has 0 saturated heterocycles. The Morgan fingerprint density at radius 2 is 1.57 bits per heavy atom. The number of carbonyl (C=O) groups excluding carboxylic acids is 2. The van der Waals surface area contributed by atoms with Gasteiger partial charge in [-0.2, -0.15) is 0 Å². The summed E-state index contributed by atoms with van der Waals surface area (Å²) in [5.74, 6) is 0.562. The van der Waals surface area contributed by atoms with E-state index in [1.807, 2.05) is 13.8 Å². The number of hydrogen-bond acceptors (Lipinski definition) is 6. The van der Waals surface area contributed by atoms with E-state index in [1.165, 1.54) is 7.11 Å². The quantitative estimate of drug-likeness (QED) is 0.650. The molecule has 0 saturated carbocycles.